The molecule has 4 rings (SSSR count). The summed E-state index contributed by atoms with van der Waals surface area (Å²) in [6.07, 6.45) is 10.2. The first-order valence-corrected chi connectivity index (χ1v) is 10.1. The van der Waals surface area contributed by atoms with Crippen molar-refractivity contribution in [3.05, 3.63) is 11.6 Å². The standard InChI is InChI=1S/C21H33NO2/c1-14-6-5-9-22(12-14)13-17-16-10-18-15(2)7-4-8-21(18,3)11-19(16)24-20(17)23/h10,14-17,19H,4-9,11-13H2,1-3H3/t14-,15+,16-,17-,19-,21-/m1/s1. The minimum absolute atomic E-state index is 0.0616. The van der Waals surface area contributed by atoms with Gasteiger partial charge in [-0.25, -0.2) is 0 Å². The van der Waals surface area contributed by atoms with E-state index in [9.17, 15) is 4.79 Å². The number of likely N-dealkylation sites (tertiary alicyclic amines) is 1. The van der Waals surface area contributed by atoms with Crippen molar-refractivity contribution in [1.82, 2.24) is 4.90 Å². The molecular formula is C21H33NO2. The van der Waals surface area contributed by atoms with Crippen LogP contribution >= 0.6 is 0 Å². The Hall–Kier alpha value is -0.830. The number of rotatable bonds is 2. The first-order valence-electron chi connectivity index (χ1n) is 10.1. The summed E-state index contributed by atoms with van der Waals surface area (Å²) in [7, 11) is 0. The minimum Gasteiger partial charge on any atom is -0.461 e. The van der Waals surface area contributed by atoms with Gasteiger partial charge in [-0.3, -0.25) is 4.79 Å². The lowest BCUT2D eigenvalue weighted by Gasteiger charge is -2.46. The normalized spacial score (nSPS) is 46.0. The zero-order chi connectivity index (χ0) is 16.9. The predicted molar refractivity (Wildman–Crippen MR) is 95.5 cm³/mol. The lowest BCUT2D eigenvalue weighted by molar-refractivity contribution is -0.145. The number of allylic oxidation sites excluding steroid dienone is 1. The van der Waals surface area contributed by atoms with Crippen LogP contribution in [0.4, 0.5) is 0 Å². The monoisotopic (exact) mass is 331 g/mol. The van der Waals surface area contributed by atoms with Crippen LogP contribution in [-0.2, 0) is 9.53 Å². The number of fused-ring (bicyclic) bond motifs is 2. The van der Waals surface area contributed by atoms with Crippen molar-refractivity contribution < 1.29 is 9.53 Å². The summed E-state index contributed by atoms with van der Waals surface area (Å²) in [6, 6.07) is 0. The molecule has 3 heteroatoms. The fraction of sp³-hybridized carbons (Fsp3) is 0.857. The van der Waals surface area contributed by atoms with E-state index >= 15 is 0 Å². The van der Waals surface area contributed by atoms with E-state index in [0.29, 0.717) is 11.8 Å². The average molecular weight is 332 g/mol. The van der Waals surface area contributed by atoms with Gasteiger partial charge in [0.25, 0.3) is 0 Å². The van der Waals surface area contributed by atoms with Crippen LogP contribution in [0.15, 0.2) is 11.6 Å². The maximum Gasteiger partial charge on any atom is 0.311 e. The summed E-state index contributed by atoms with van der Waals surface area (Å²) in [5, 5.41) is 0. The summed E-state index contributed by atoms with van der Waals surface area (Å²) in [6.45, 7) is 10.3. The van der Waals surface area contributed by atoms with Gasteiger partial charge in [-0.05, 0) is 55.9 Å². The number of esters is 1. The molecule has 0 aromatic heterocycles. The molecule has 2 saturated heterocycles. The molecule has 2 heterocycles. The quantitative estimate of drug-likeness (QED) is 0.565. The first kappa shape index (κ1) is 16.6. The Morgan fingerprint density at radius 2 is 2.12 bits per heavy atom. The molecule has 0 bridgehead atoms. The Morgan fingerprint density at radius 3 is 2.92 bits per heavy atom. The smallest absolute Gasteiger partial charge is 0.311 e. The Balaban J connectivity index is 1.55. The summed E-state index contributed by atoms with van der Waals surface area (Å²) in [4.78, 5) is 15.1. The number of hydrogen-bond donors (Lipinski definition) is 0. The largest absolute Gasteiger partial charge is 0.461 e. The molecular weight excluding hydrogens is 298 g/mol. The van der Waals surface area contributed by atoms with Gasteiger partial charge in [0.2, 0.25) is 0 Å². The molecule has 0 amide bonds. The van der Waals surface area contributed by atoms with E-state index in [2.05, 4.69) is 31.7 Å². The first-order chi connectivity index (χ1) is 11.5. The second-order valence-corrected chi connectivity index (χ2v) is 9.35. The van der Waals surface area contributed by atoms with Gasteiger partial charge in [0.1, 0.15) is 6.10 Å². The molecule has 24 heavy (non-hydrogen) atoms. The molecule has 6 atom stereocenters. The lowest BCUT2D eigenvalue weighted by atomic mass is 9.59. The van der Waals surface area contributed by atoms with Gasteiger partial charge in [0.15, 0.2) is 0 Å². The SMILES string of the molecule is C[C@@H]1CCCN(C[C@H]2C(=O)O[C@@H]3C[C@@]4(C)CCC[C@H](C)C4=C[C@@H]32)C1. The van der Waals surface area contributed by atoms with Gasteiger partial charge in [0.05, 0.1) is 5.92 Å². The van der Waals surface area contributed by atoms with E-state index in [1.807, 2.05) is 0 Å². The zero-order valence-electron chi connectivity index (χ0n) is 15.6. The fourth-order valence-corrected chi connectivity index (χ4v) is 5.99. The highest BCUT2D eigenvalue weighted by atomic mass is 16.6. The zero-order valence-corrected chi connectivity index (χ0v) is 15.6. The minimum atomic E-state index is 0.0616. The van der Waals surface area contributed by atoms with Crippen LogP contribution in [0.2, 0.25) is 0 Å². The molecule has 0 N–H and O–H groups in total. The van der Waals surface area contributed by atoms with E-state index in [0.717, 1.165) is 32.0 Å². The third-order valence-corrected chi connectivity index (χ3v) is 7.28. The highest BCUT2D eigenvalue weighted by Crippen LogP contribution is 2.54. The second-order valence-electron chi connectivity index (χ2n) is 9.35. The molecule has 0 spiro atoms. The van der Waals surface area contributed by atoms with E-state index in [1.54, 1.807) is 5.57 Å². The number of carbonyl (C=O) groups is 1. The Labute approximate surface area is 146 Å². The third kappa shape index (κ3) is 2.83. The molecule has 134 valence electrons. The highest BCUT2D eigenvalue weighted by molar-refractivity contribution is 5.76. The van der Waals surface area contributed by atoms with Gasteiger partial charge in [-0.1, -0.05) is 38.8 Å². The summed E-state index contributed by atoms with van der Waals surface area (Å²) < 4.78 is 5.89. The van der Waals surface area contributed by atoms with Crippen LogP contribution in [0.1, 0.15) is 59.3 Å². The van der Waals surface area contributed by atoms with Crippen LogP contribution in [0.25, 0.3) is 0 Å². The topological polar surface area (TPSA) is 29.5 Å². The van der Waals surface area contributed by atoms with Crippen LogP contribution in [0.5, 0.6) is 0 Å². The van der Waals surface area contributed by atoms with Crippen molar-refractivity contribution in [3.8, 4) is 0 Å². The summed E-state index contributed by atoms with van der Waals surface area (Å²) in [5.41, 5.74) is 1.90. The van der Waals surface area contributed by atoms with E-state index in [-0.39, 0.29) is 23.4 Å². The fourth-order valence-electron chi connectivity index (χ4n) is 5.99. The third-order valence-electron chi connectivity index (χ3n) is 7.28. The number of carbonyl (C=O) groups excluding carboxylic acids is 1. The predicted octanol–water partition coefficient (Wildman–Crippen LogP) is 4.03. The highest BCUT2D eigenvalue weighted by Gasteiger charge is 2.51. The van der Waals surface area contributed by atoms with Gasteiger partial charge in [-0.15, -0.1) is 0 Å². The van der Waals surface area contributed by atoms with Crippen LogP contribution < -0.4 is 0 Å². The molecule has 4 aliphatic rings. The van der Waals surface area contributed by atoms with Crippen molar-refractivity contribution in [2.24, 2.45) is 29.1 Å². The Bertz CT molecular complexity index is 542. The van der Waals surface area contributed by atoms with Gasteiger partial charge < -0.3 is 9.64 Å². The molecule has 0 aromatic carbocycles. The van der Waals surface area contributed by atoms with Gasteiger partial charge in [0, 0.05) is 19.0 Å². The molecule has 0 aromatic rings. The number of nitrogens with zero attached hydrogens (tertiary/aromatic N) is 1. The van der Waals surface area contributed by atoms with E-state index < -0.39 is 0 Å². The lowest BCUT2D eigenvalue weighted by Crippen LogP contribution is -2.42. The molecule has 0 radical (unpaired) electrons. The van der Waals surface area contributed by atoms with E-state index in [1.165, 1.54) is 32.1 Å². The second kappa shape index (κ2) is 6.16. The van der Waals surface area contributed by atoms with Gasteiger partial charge >= 0.3 is 5.97 Å². The number of ether oxygens (including phenoxy) is 1. The molecule has 1 saturated carbocycles. The van der Waals surface area contributed by atoms with Crippen molar-refractivity contribution in [1.29, 1.82) is 0 Å². The van der Waals surface area contributed by atoms with Crippen LogP contribution in [0, 0.1) is 29.1 Å². The van der Waals surface area contributed by atoms with E-state index in [4.69, 9.17) is 4.74 Å². The maximum absolute atomic E-state index is 12.6. The van der Waals surface area contributed by atoms with Gasteiger partial charge in [-0.2, -0.15) is 0 Å². The molecule has 3 fully saturated rings. The molecule has 2 aliphatic carbocycles. The summed E-state index contributed by atoms with van der Waals surface area (Å²) >= 11 is 0. The summed E-state index contributed by atoms with van der Waals surface area (Å²) in [5.74, 6) is 1.88. The Morgan fingerprint density at radius 1 is 1.29 bits per heavy atom. The van der Waals surface area contributed by atoms with Crippen LogP contribution in [0.3, 0.4) is 0 Å². The van der Waals surface area contributed by atoms with Crippen molar-refractivity contribution in [3.63, 3.8) is 0 Å². The maximum atomic E-state index is 12.6. The van der Waals surface area contributed by atoms with Crippen molar-refractivity contribution >= 4 is 5.97 Å². The van der Waals surface area contributed by atoms with Crippen molar-refractivity contribution in [2.45, 2.75) is 65.4 Å². The number of piperidine rings is 1. The van der Waals surface area contributed by atoms with Crippen LogP contribution in [-0.4, -0.2) is 36.6 Å². The molecule has 3 nitrogen and oxygen atoms in total. The Kier molecular flexibility index (Phi) is 4.27. The van der Waals surface area contributed by atoms with Crippen molar-refractivity contribution in [2.75, 3.05) is 19.6 Å². The number of hydrogen-bond acceptors (Lipinski definition) is 3. The molecule has 2 aliphatic heterocycles. The molecule has 0 unspecified atom stereocenters. The average Bonchev–Trinajstić information content (AvgIpc) is 2.80.